The van der Waals surface area contributed by atoms with Gasteiger partial charge in [0, 0.05) is 30.4 Å². The Kier molecular flexibility index (Phi) is 5.26. The van der Waals surface area contributed by atoms with Crippen LogP contribution in [0.3, 0.4) is 0 Å². The molecular formula is C19H20ClN3O5S. The molecule has 0 spiro atoms. The van der Waals surface area contributed by atoms with Crippen LogP contribution in [0.5, 0.6) is 0 Å². The maximum absolute atomic E-state index is 12.4. The Bertz CT molecular complexity index is 1150. The van der Waals surface area contributed by atoms with Crippen molar-refractivity contribution in [3.05, 3.63) is 46.9 Å². The van der Waals surface area contributed by atoms with E-state index >= 15 is 0 Å². The molecule has 154 valence electrons. The van der Waals surface area contributed by atoms with E-state index < -0.39 is 9.84 Å². The average Bonchev–Trinajstić information content (AvgIpc) is 3.27. The van der Waals surface area contributed by atoms with Crippen LogP contribution < -0.4 is 10.2 Å². The number of sulfone groups is 1. The highest BCUT2D eigenvalue weighted by Crippen LogP contribution is 2.26. The number of benzene rings is 1. The molecule has 4 rings (SSSR count). The molecule has 1 saturated heterocycles. The van der Waals surface area contributed by atoms with Crippen LogP contribution in [0, 0.1) is 0 Å². The van der Waals surface area contributed by atoms with E-state index in [1.54, 1.807) is 18.2 Å². The Balaban J connectivity index is 1.34. The van der Waals surface area contributed by atoms with Crippen LogP contribution in [0.15, 0.2) is 39.2 Å². The molecule has 0 bridgehead atoms. The third-order valence-electron chi connectivity index (χ3n) is 4.73. The van der Waals surface area contributed by atoms with Crippen LogP contribution in [0.2, 0.25) is 5.02 Å². The highest BCUT2D eigenvalue weighted by atomic mass is 35.5. The van der Waals surface area contributed by atoms with Crippen LogP contribution in [-0.2, 0) is 15.6 Å². The SMILES string of the molecule is CS(=O)(=O)Cc1ccc(C(=O)NC2CCN(c3nc4cc(Cl)ccc4o3)CC2)o1. The highest BCUT2D eigenvalue weighted by Gasteiger charge is 2.25. The van der Waals surface area contributed by atoms with Gasteiger partial charge in [-0.05, 0) is 43.2 Å². The number of piperidine rings is 1. The first-order valence-corrected chi connectivity index (χ1v) is 11.6. The minimum absolute atomic E-state index is 0.0129. The normalized spacial score (nSPS) is 15.7. The highest BCUT2D eigenvalue weighted by molar-refractivity contribution is 7.89. The van der Waals surface area contributed by atoms with Gasteiger partial charge in [0.15, 0.2) is 21.2 Å². The van der Waals surface area contributed by atoms with Crippen molar-refractivity contribution in [2.75, 3.05) is 24.2 Å². The lowest BCUT2D eigenvalue weighted by atomic mass is 10.1. The second-order valence-corrected chi connectivity index (χ2v) is 9.76. The summed E-state index contributed by atoms with van der Waals surface area (Å²) in [5.74, 6) is -0.209. The number of oxazole rings is 1. The third-order valence-corrected chi connectivity index (χ3v) is 5.77. The first-order valence-electron chi connectivity index (χ1n) is 9.15. The van der Waals surface area contributed by atoms with Crippen LogP contribution in [0.1, 0.15) is 29.2 Å². The van der Waals surface area contributed by atoms with Crippen molar-refractivity contribution < 1.29 is 22.0 Å². The maximum atomic E-state index is 12.4. The monoisotopic (exact) mass is 437 g/mol. The largest absolute Gasteiger partial charge is 0.455 e. The Morgan fingerprint density at radius 3 is 2.72 bits per heavy atom. The number of nitrogens with one attached hydrogen (secondary N) is 1. The van der Waals surface area contributed by atoms with E-state index in [4.69, 9.17) is 20.4 Å². The van der Waals surface area contributed by atoms with Gasteiger partial charge in [0.25, 0.3) is 11.9 Å². The second kappa shape index (κ2) is 7.72. The van der Waals surface area contributed by atoms with Gasteiger partial charge in [0.2, 0.25) is 0 Å². The molecule has 1 aliphatic rings. The van der Waals surface area contributed by atoms with Gasteiger partial charge < -0.3 is 19.1 Å². The summed E-state index contributed by atoms with van der Waals surface area (Å²) in [6, 6.07) is 8.86. The number of nitrogens with zero attached hydrogens (tertiary/aromatic N) is 2. The molecule has 1 amide bonds. The molecule has 10 heteroatoms. The third kappa shape index (κ3) is 4.73. The van der Waals surface area contributed by atoms with E-state index in [0.717, 1.165) is 19.1 Å². The topological polar surface area (TPSA) is 106 Å². The molecule has 0 saturated carbocycles. The number of hydrogen-bond donors (Lipinski definition) is 1. The number of amides is 1. The lowest BCUT2D eigenvalue weighted by Crippen LogP contribution is -2.44. The summed E-state index contributed by atoms with van der Waals surface area (Å²) in [6.07, 6.45) is 2.57. The van der Waals surface area contributed by atoms with Gasteiger partial charge in [0.05, 0.1) is 0 Å². The Morgan fingerprint density at radius 2 is 2.00 bits per heavy atom. The molecular weight excluding hydrogens is 418 g/mol. The van der Waals surface area contributed by atoms with E-state index in [1.165, 1.54) is 12.1 Å². The zero-order valence-electron chi connectivity index (χ0n) is 15.7. The van der Waals surface area contributed by atoms with Gasteiger partial charge in [-0.3, -0.25) is 4.79 Å². The fourth-order valence-corrected chi connectivity index (χ4v) is 4.17. The summed E-state index contributed by atoms with van der Waals surface area (Å²) in [7, 11) is -3.21. The first-order chi connectivity index (χ1) is 13.8. The molecule has 0 unspecified atom stereocenters. The molecule has 0 radical (unpaired) electrons. The number of fused-ring (bicyclic) bond motifs is 1. The summed E-state index contributed by atoms with van der Waals surface area (Å²) in [6.45, 7) is 1.37. The number of aromatic nitrogens is 1. The molecule has 1 fully saturated rings. The molecule has 2 aromatic heterocycles. The predicted octanol–water partition coefficient (Wildman–Crippen LogP) is 3.02. The molecule has 1 N–H and O–H groups in total. The summed E-state index contributed by atoms with van der Waals surface area (Å²) >= 11 is 5.99. The van der Waals surface area contributed by atoms with Crippen molar-refractivity contribution in [1.29, 1.82) is 0 Å². The zero-order chi connectivity index (χ0) is 20.6. The first kappa shape index (κ1) is 19.8. The van der Waals surface area contributed by atoms with E-state index in [9.17, 15) is 13.2 Å². The number of furan rings is 1. The van der Waals surface area contributed by atoms with Gasteiger partial charge in [0.1, 0.15) is 17.0 Å². The number of carbonyl (C=O) groups excluding carboxylic acids is 1. The van der Waals surface area contributed by atoms with Crippen molar-refractivity contribution in [3.8, 4) is 0 Å². The van der Waals surface area contributed by atoms with E-state index in [2.05, 4.69) is 10.3 Å². The fourth-order valence-electron chi connectivity index (χ4n) is 3.33. The van der Waals surface area contributed by atoms with Gasteiger partial charge in [-0.25, -0.2) is 8.42 Å². The van der Waals surface area contributed by atoms with Gasteiger partial charge in [-0.1, -0.05) is 11.6 Å². The van der Waals surface area contributed by atoms with E-state index in [-0.39, 0.29) is 29.2 Å². The summed E-state index contributed by atoms with van der Waals surface area (Å²) in [5, 5.41) is 3.55. The Morgan fingerprint density at radius 1 is 1.24 bits per heavy atom. The Hall–Kier alpha value is -2.52. The number of rotatable bonds is 5. The molecule has 0 aliphatic carbocycles. The minimum Gasteiger partial charge on any atom is -0.455 e. The van der Waals surface area contributed by atoms with Gasteiger partial charge in [-0.2, -0.15) is 4.98 Å². The lowest BCUT2D eigenvalue weighted by Gasteiger charge is -2.31. The zero-order valence-corrected chi connectivity index (χ0v) is 17.3. The van der Waals surface area contributed by atoms with E-state index in [1.807, 2.05) is 4.90 Å². The molecule has 3 heterocycles. The van der Waals surface area contributed by atoms with Crippen molar-refractivity contribution in [2.45, 2.75) is 24.6 Å². The standard InChI is InChI=1S/C19H20ClN3O5S/c1-29(25,26)11-14-3-5-17(27-14)18(24)21-13-6-8-23(9-7-13)19-22-15-10-12(20)2-4-16(15)28-19/h2-5,10,13H,6-9,11H2,1H3,(H,21,24). The van der Waals surface area contributed by atoms with E-state index in [0.29, 0.717) is 35.2 Å². The summed E-state index contributed by atoms with van der Waals surface area (Å²) < 4.78 is 33.8. The van der Waals surface area contributed by atoms with Crippen molar-refractivity contribution in [1.82, 2.24) is 10.3 Å². The molecule has 8 nitrogen and oxygen atoms in total. The number of carbonyl (C=O) groups is 1. The van der Waals surface area contributed by atoms with Crippen molar-refractivity contribution in [2.24, 2.45) is 0 Å². The number of halogens is 1. The number of hydrogen-bond acceptors (Lipinski definition) is 7. The van der Waals surface area contributed by atoms with Gasteiger partial charge in [-0.15, -0.1) is 0 Å². The second-order valence-electron chi connectivity index (χ2n) is 7.18. The fraction of sp³-hybridized carbons (Fsp3) is 0.368. The summed E-state index contributed by atoms with van der Waals surface area (Å²) in [4.78, 5) is 18.9. The predicted molar refractivity (Wildman–Crippen MR) is 109 cm³/mol. The smallest absolute Gasteiger partial charge is 0.298 e. The Labute approximate surface area is 172 Å². The van der Waals surface area contributed by atoms with Crippen LogP contribution >= 0.6 is 11.6 Å². The molecule has 29 heavy (non-hydrogen) atoms. The van der Waals surface area contributed by atoms with Crippen molar-refractivity contribution in [3.63, 3.8) is 0 Å². The summed E-state index contributed by atoms with van der Waals surface area (Å²) in [5.41, 5.74) is 1.40. The van der Waals surface area contributed by atoms with Crippen LogP contribution in [-0.4, -0.2) is 44.7 Å². The quantitative estimate of drug-likeness (QED) is 0.653. The lowest BCUT2D eigenvalue weighted by molar-refractivity contribution is 0.0901. The molecule has 1 aliphatic heterocycles. The molecule has 0 atom stereocenters. The molecule has 3 aromatic rings. The minimum atomic E-state index is -3.21. The van der Waals surface area contributed by atoms with Crippen molar-refractivity contribution >= 4 is 44.5 Å². The van der Waals surface area contributed by atoms with Gasteiger partial charge >= 0.3 is 0 Å². The number of anilines is 1. The van der Waals surface area contributed by atoms with Crippen LogP contribution in [0.25, 0.3) is 11.1 Å². The average molecular weight is 438 g/mol. The van der Waals surface area contributed by atoms with Crippen LogP contribution in [0.4, 0.5) is 6.01 Å². The molecule has 1 aromatic carbocycles. The maximum Gasteiger partial charge on any atom is 0.298 e.